The number of aliphatic carboxylic acids is 1. The van der Waals surface area contributed by atoms with Gasteiger partial charge in [-0.15, -0.1) is 0 Å². The Kier molecular flexibility index (Phi) is 4.93. The predicted octanol–water partition coefficient (Wildman–Crippen LogP) is 0.792. The Morgan fingerprint density at radius 1 is 1.53 bits per heavy atom. The second kappa shape index (κ2) is 6.00. The fraction of sp³-hybridized carbons (Fsp3) is 0.833. The Hall–Kier alpha value is -1.10. The molecule has 1 saturated heterocycles. The van der Waals surface area contributed by atoms with Gasteiger partial charge in [-0.25, -0.2) is 0 Å². The molecule has 17 heavy (non-hydrogen) atoms. The number of carboxylic acid groups (broad SMARTS) is 1. The minimum Gasteiger partial charge on any atom is -0.481 e. The van der Waals surface area contributed by atoms with Crippen molar-refractivity contribution in [1.29, 1.82) is 0 Å². The molecule has 0 aromatic heterocycles. The Morgan fingerprint density at radius 3 is 2.71 bits per heavy atom. The maximum Gasteiger partial charge on any atom is 0.305 e. The van der Waals surface area contributed by atoms with Crippen LogP contribution in [0.5, 0.6) is 0 Å². The number of likely N-dealkylation sites (N-methyl/N-ethyl adjacent to an activating group) is 1. The van der Waals surface area contributed by atoms with E-state index in [1.807, 2.05) is 23.8 Å². The molecule has 1 N–H and O–H groups in total. The van der Waals surface area contributed by atoms with Crippen LogP contribution in [-0.4, -0.2) is 59.0 Å². The number of rotatable bonds is 5. The molecule has 1 amide bonds. The summed E-state index contributed by atoms with van der Waals surface area (Å²) in [5.74, 6) is -0.957. The summed E-state index contributed by atoms with van der Waals surface area (Å²) in [7, 11) is 1.83. The molecule has 0 spiro atoms. The SMILES string of the molecule is CCCCN1CC(C)N(C)C(CC(=O)O)C1=O. The molecule has 0 bridgehead atoms. The number of amides is 1. The average molecular weight is 242 g/mol. The first-order valence-corrected chi connectivity index (χ1v) is 6.19. The van der Waals surface area contributed by atoms with Gasteiger partial charge in [-0.2, -0.15) is 0 Å². The quantitative estimate of drug-likeness (QED) is 0.774. The Balaban J connectivity index is 2.72. The van der Waals surface area contributed by atoms with E-state index >= 15 is 0 Å². The summed E-state index contributed by atoms with van der Waals surface area (Å²) < 4.78 is 0. The standard InChI is InChI=1S/C12H22N2O3/c1-4-5-6-14-8-9(2)13(3)10(12(14)17)7-11(15)16/h9-10H,4-8H2,1-3H3,(H,15,16). The van der Waals surface area contributed by atoms with Crippen molar-refractivity contribution < 1.29 is 14.7 Å². The van der Waals surface area contributed by atoms with Crippen LogP contribution in [0.3, 0.4) is 0 Å². The largest absolute Gasteiger partial charge is 0.481 e. The number of hydrogen-bond acceptors (Lipinski definition) is 3. The van der Waals surface area contributed by atoms with E-state index in [0.717, 1.165) is 19.4 Å². The lowest BCUT2D eigenvalue weighted by atomic mass is 10.0. The second-order valence-electron chi connectivity index (χ2n) is 4.77. The Morgan fingerprint density at radius 2 is 2.18 bits per heavy atom. The van der Waals surface area contributed by atoms with Crippen molar-refractivity contribution >= 4 is 11.9 Å². The molecule has 98 valence electrons. The molecule has 0 radical (unpaired) electrons. The first-order valence-electron chi connectivity index (χ1n) is 6.19. The van der Waals surface area contributed by atoms with E-state index in [-0.39, 0.29) is 18.4 Å². The van der Waals surface area contributed by atoms with Crippen molar-refractivity contribution in [3.63, 3.8) is 0 Å². The number of nitrogens with zero attached hydrogens (tertiary/aromatic N) is 2. The maximum atomic E-state index is 12.1. The monoisotopic (exact) mass is 242 g/mol. The van der Waals surface area contributed by atoms with Crippen molar-refractivity contribution in [3.8, 4) is 0 Å². The summed E-state index contributed by atoms with van der Waals surface area (Å²) >= 11 is 0. The topological polar surface area (TPSA) is 60.9 Å². The molecule has 1 fully saturated rings. The van der Waals surface area contributed by atoms with E-state index in [4.69, 9.17) is 5.11 Å². The molecular formula is C12H22N2O3. The molecule has 1 aliphatic rings. The molecule has 1 heterocycles. The zero-order valence-electron chi connectivity index (χ0n) is 10.8. The van der Waals surface area contributed by atoms with Crippen molar-refractivity contribution in [2.24, 2.45) is 0 Å². The number of hydrogen-bond donors (Lipinski definition) is 1. The van der Waals surface area contributed by atoms with Crippen LogP contribution in [0.2, 0.25) is 0 Å². The Labute approximate surface area is 102 Å². The van der Waals surface area contributed by atoms with Crippen LogP contribution in [0.4, 0.5) is 0 Å². The van der Waals surface area contributed by atoms with Crippen LogP contribution in [0.25, 0.3) is 0 Å². The molecule has 0 saturated carbocycles. The van der Waals surface area contributed by atoms with Gasteiger partial charge in [0.15, 0.2) is 0 Å². The van der Waals surface area contributed by atoms with Gasteiger partial charge in [-0.05, 0) is 20.4 Å². The third kappa shape index (κ3) is 3.43. The highest BCUT2D eigenvalue weighted by molar-refractivity contribution is 5.87. The number of piperazine rings is 1. The molecular weight excluding hydrogens is 220 g/mol. The van der Waals surface area contributed by atoms with Crippen LogP contribution in [0.15, 0.2) is 0 Å². The van der Waals surface area contributed by atoms with Gasteiger partial charge in [0.05, 0.1) is 12.5 Å². The smallest absolute Gasteiger partial charge is 0.305 e. The summed E-state index contributed by atoms with van der Waals surface area (Å²) in [5, 5.41) is 8.85. The summed E-state index contributed by atoms with van der Waals surface area (Å²) in [6.45, 7) is 5.55. The zero-order chi connectivity index (χ0) is 13.0. The van der Waals surface area contributed by atoms with Crippen LogP contribution < -0.4 is 0 Å². The molecule has 0 aromatic carbocycles. The molecule has 0 aliphatic carbocycles. The third-order valence-electron chi connectivity index (χ3n) is 3.42. The molecule has 1 aliphatic heterocycles. The van der Waals surface area contributed by atoms with Crippen LogP contribution >= 0.6 is 0 Å². The summed E-state index contributed by atoms with van der Waals surface area (Å²) in [5.41, 5.74) is 0. The van der Waals surface area contributed by atoms with Gasteiger partial charge in [0.2, 0.25) is 5.91 Å². The summed E-state index contributed by atoms with van der Waals surface area (Å²) in [6, 6.07) is -0.290. The van der Waals surface area contributed by atoms with Gasteiger partial charge in [-0.3, -0.25) is 14.5 Å². The van der Waals surface area contributed by atoms with E-state index in [1.54, 1.807) is 0 Å². The van der Waals surface area contributed by atoms with Gasteiger partial charge in [-0.1, -0.05) is 13.3 Å². The number of carboxylic acids is 1. The van der Waals surface area contributed by atoms with Crippen LogP contribution in [-0.2, 0) is 9.59 Å². The fourth-order valence-electron chi connectivity index (χ4n) is 2.18. The van der Waals surface area contributed by atoms with E-state index in [1.165, 1.54) is 0 Å². The lowest BCUT2D eigenvalue weighted by molar-refractivity contribution is -0.150. The molecule has 0 aromatic rings. The minimum atomic E-state index is -0.917. The number of carbonyl (C=O) groups excluding carboxylic acids is 1. The highest BCUT2D eigenvalue weighted by Gasteiger charge is 2.37. The van der Waals surface area contributed by atoms with Crippen molar-refractivity contribution in [3.05, 3.63) is 0 Å². The van der Waals surface area contributed by atoms with Crippen molar-refractivity contribution in [2.75, 3.05) is 20.1 Å². The van der Waals surface area contributed by atoms with Gasteiger partial charge in [0.25, 0.3) is 0 Å². The fourth-order valence-corrected chi connectivity index (χ4v) is 2.18. The Bertz CT molecular complexity index is 293. The van der Waals surface area contributed by atoms with Crippen molar-refractivity contribution in [1.82, 2.24) is 9.80 Å². The molecule has 2 unspecified atom stereocenters. The lowest BCUT2D eigenvalue weighted by Crippen LogP contribution is -2.60. The van der Waals surface area contributed by atoms with E-state index in [9.17, 15) is 9.59 Å². The number of carbonyl (C=O) groups is 2. The van der Waals surface area contributed by atoms with Gasteiger partial charge < -0.3 is 10.0 Å². The van der Waals surface area contributed by atoms with Crippen molar-refractivity contribution in [2.45, 2.75) is 45.2 Å². The highest BCUT2D eigenvalue weighted by atomic mass is 16.4. The van der Waals surface area contributed by atoms with E-state index in [2.05, 4.69) is 6.92 Å². The first kappa shape index (κ1) is 14.0. The van der Waals surface area contributed by atoms with E-state index < -0.39 is 12.0 Å². The van der Waals surface area contributed by atoms with Crippen LogP contribution in [0.1, 0.15) is 33.1 Å². The summed E-state index contributed by atoms with van der Waals surface area (Å²) in [4.78, 5) is 26.6. The number of unbranched alkanes of at least 4 members (excludes halogenated alkanes) is 1. The van der Waals surface area contributed by atoms with Gasteiger partial charge in [0.1, 0.15) is 0 Å². The van der Waals surface area contributed by atoms with Gasteiger partial charge in [0, 0.05) is 19.1 Å². The lowest BCUT2D eigenvalue weighted by Gasteiger charge is -2.42. The van der Waals surface area contributed by atoms with Gasteiger partial charge >= 0.3 is 5.97 Å². The highest BCUT2D eigenvalue weighted by Crippen LogP contribution is 2.18. The third-order valence-corrected chi connectivity index (χ3v) is 3.42. The molecule has 2 atom stereocenters. The minimum absolute atomic E-state index is 0.0403. The molecule has 1 rings (SSSR count). The predicted molar refractivity (Wildman–Crippen MR) is 64.8 cm³/mol. The summed E-state index contributed by atoms with van der Waals surface area (Å²) in [6.07, 6.45) is 1.90. The zero-order valence-corrected chi connectivity index (χ0v) is 10.8. The molecule has 5 nitrogen and oxygen atoms in total. The first-order chi connectivity index (χ1) is 7.97. The maximum absolute atomic E-state index is 12.1. The normalized spacial score (nSPS) is 26.3. The second-order valence-corrected chi connectivity index (χ2v) is 4.77. The average Bonchev–Trinajstić information content (AvgIpc) is 2.27. The van der Waals surface area contributed by atoms with E-state index in [0.29, 0.717) is 6.54 Å². The molecule has 5 heteroatoms. The van der Waals surface area contributed by atoms with Crippen LogP contribution in [0, 0.1) is 0 Å².